The van der Waals surface area contributed by atoms with E-state index in [1.54, 1.807) is 20.8 Å². The van der Waals surface area contributed by atoms with Gasteiger partial charge in [0.05, 0.1) is 21.2 Å². The number of anilines is 1. The van der Waals surface area contributed by atoms with E-state index in [2.05, 4.69) is 10.0 Å². The number of ether oxygens (including phenoxy) is 1. The van der Waals surface area contributed by atoms with Crippen LogP contribution in [0.15, 0.2) is 47.4 Å². The highest BCUT2D eigenvalue weighted by Gasteiger charge is 2.31. The fraction of sp³-hybridized carbons (Fsp3) is 0.316. The number of alkyl halides is 3. The van der Waals surface area contributed by atoms with Crippen molar-refractivity contribution in [3.05, 3.63) is 53.1 Å². The average Bonchev–Trinajstić information content (AvgIpc) is 2.62. The maximum atomic E-state index is 12.9. The maximum Gasteiger partial charge on any atom is 0.416 e. The number of benzene rings is 2. The third-order valence-corrected chi connectivity index (χ3v) is 5.50. The van der Waals surface area contributed by atoms with Gasteiger partial charge in [-0.1, -0.05) is 11.6 Å². The topological polar surface area (TPSA) is 84.5 Å². The van der Waals surface area contributed by atoms with Crippen molar-refractivity contribution in [1.82, 2.24) is 5.32 Å². The third kappa shape index (κ3) is 6.27. The lowest BCUT2D eigenvalue weighted by atomic mass is 10.2. The summed E-state index contributed by atoms with van der Waals surface area (Å²) in [5.41, 5.74) is -1.44. The lowest BCUT2D eigenvalue weighted by Crippen LogP contribution is -2.40. The summed E-state index contributed by atoms with van der Waals surface area (Å²) in [7, 11) is -4.21. The Labute approximate surface area is 177 Å². The van der Waals surface area contributed by atoms with Gasteiger partial charge in [0.2, 0.25) is 0 Å². The first-order chi connectivity index (χ1) is 13.8. The Morgan fingerprint density at radius 1 is 1.07 bits per heavy atom. The van der Waals surface area contributed by atoms with Crippen LogP contribution in [-0.2, 0) is 21.0 Å². The minimum absolute atomic E-state index is 0.0650. The number of hydrogen-bond acceptors (Lipinski definition) is 4. The van der Waals surface area contributed by atoms with Crippen LogP contribution in [0.4, 0.5) is 18.9 Å². The van der Waals surface area contributed by atoms with Gasteiger partial charge in [0.1, 0.15) is 5.75 Å². The molecule has 2 N–H and O–H groups in total. The zero-order valence-corrected chi connectivity index (χ0v) is 17.8. The minimum atomic E-state index is -4.65. The van der Waals surface area contributed by atoms with Crippen LogP contribution < -0.4 is 14.8 Å². The summed E-state index contributed by atoms with van der Waals surface area (Å²) < 4.78 is 71.2. The highest BCUT2D eigenvalue weighted by atomic mass is 35.5. The molecule has 0 saturated carbocycles. The van der Waals surface area contributed by atoms with Crippen molar-refractivity contribution in [2.75, 3.05) is 4.72 Å². The van der Waals surface area contributed by atoms with Crippen molar-refractivity contribution in [3.8, 4) is 5.75 Å². The smallest absolute Gasteiger partial charge is 0.416 e. The van der Waals surface area contributed by atoms with Gasteiger partial charge in [-0.05, 0) is 63.2 Å². The predicted octanol–water partition coefficient (Wildman–Crippen LogP) is 4.45. The molecule has 0 aliphatic heterocycles. The molecule has 2 aromatic carbocycles. The van der Waals surface area contributed by atoms with E-state index < -0.39 is 33.6 Å². The first-order valence-electron chi connectivity index (χ1n) is 8.76. The number of nitrogens with one attached hydrogen (secondary N) is 2. The van der Waals surface area contributed by atoms with Gasteiger partial charge in [0, 0.05) is 6.04 Å². The number of hydrogen-bond donors (Lipinski definition) is 2. The second-order valence-corrected chi connectivity index (χ2v) is 8.78. The molecule has 0 aromatic heterocycles. The maximum absolute atomic E-state index is 12.9. The lowest BCUT2D eigenvalue weighted by molar-refractivity contribution is -0.137. The minimum Gasteiger partial charge on any atom is -0.481 e. The molecule has 2 aromatic rings. The molecule has 164 valence electrons. The second-order valence-electron chi connectivity index (χ2n) is 6.69. The number of rotatable bonds is 7. The van der Waals surface area contributed by atoms with Gasteiger partial charge in [-0.3, -0.25) is 9.52 Å². The Hall–Kier alpha value is -2.46. The van der Waals surface area contributed by atoms with Gasteiger partial charge < -0.3 is 10.1 Å². The number of carbonyl (C=O) groups excluding carboxylic acids is 1. The standard InChI is InChI=1S/C19H20ClF3N2O4S/c1-11(2)24-18(26)12(3)29-14-5-7-15(8-6-14)30(27,28)25-17-10-13(19(21,22)23)4-9-16(17)20/h4-12,25H,1-3H3,(H,24,26)/t12-/m0/s1. The second kappa shape index (κ2) is 9.13. The highest BCUT2D eigenvalue weighted by molar-refractivity contribution is 7.92. The van der Waals surface area contributed by atoms with E-state index in [1.165, 1.54) is 24.3 Å². The van der Waals surface area contributed by atoms with Crippen LogP contribution in [0.25, 0.3) is 0 Å². The summed E-state index contributed by atoms with van der Waals surface area (Å²) in [5.74, 6) is -0.0833. The molecule has 0 aliphatic carbocycles. The SMILES string of the molecule is CC(C)NC(=O)[C@H](C)Oc1ccc(S(=O)(=O)Nc2cc(C(F)(F)F)ccc2Cl)cc1. The van der Waals surface area contributed by atoms with E-state index >= 15 is 0 Å². The van der Waals surface area contributed by atoms with Gasteiger partial charge in [-0.2, -0.15) is 13.2 Å². The van der Waals surface area contributed by atoms with Crippen LogP contribution in [0.3, 0.4) is 0 Å². The molecule has 6 nitrogen and oxygen atoms in total. The Kier molecular flexibility index (Phi) is 7.25. The highest BCUT2D eigenvalue weighted by Crippen LogP contribution is 2.34. The van der Waals surface area contributed by atoms with Crippen LogP contribution in [0, 0.1) is 0 Å². The van der Waals surface area contributed by atoms with Gasteiger partial charge in [-0.15, -0.1) is 0 Å². The summed E-state index contributed by atoms with van der Waals surface area (Å²) in [6.45, 7) is 5.14. The molecular weight excluding hydrogens is 445 g/mol. The zero-order valence-electron chi connectivity index (χ0n) is 16.2. The molecule has 0 unspecified atom stereocenters. The molecular formula is C19H20ClF3N2O4S. The molecule has 0 aliphatic rings. The summed E-state index contributed by atoms with van der Waals surface area (Å²) in [4.78, 5) is 11.7. The van der Waals surface area contributed by atoms with Crippen molar-refractivity contribution in [2.24, 2.45) is 0 Å². The number of carbonyl (C=O) groups is 1. The van der Waals surface area contributed by atoms with Gasteiger partial charge >= 0.3 is 6.18 Å². The predicted molar refractivity (Wildman–Crippen MR) is 107 cm³/mol. The van der Waals surface area contributed by atoms with Crippen molar-refractivity contribution >= 4 is 33.2 Å². The van der Waals surface area contributed by atoms with Gasteiger partial charge in [0.25, 0.3) is 15.9 Å². The quantitative estimate of drug-likeness (QED) is 0.634. The first kappa shape index (κ1) is 23.8. The normalized spacial score (nSPS) is 13.1. The number of amides is 1. The fourth-order valence-electron chi connectivity index (χ4n) is 2.34. The van der Waals surface area contributed by atoms with Crippen LogP contribution in [-0.4, -0.2) is 26.5 Å². The molecule has 30 heavy (non-hydrogen) atoms. The molecule has 2 rings (SSSR count). The van der Waals surface area contributed by atoms with E-state index in [1.807, 2.05) is 0 Å². The lowest BCUT2D eigenvalue weighted by Gasteiger charge is -2.17. The average molecular weight is 465 g/mol. The van der Waals surface area contributed by atoms with Crippen molar-refractivity contribution in [1.29, 1.82) is 0 Å². The summed E-state index contributed by atoms with van der Waals surface area (Å²) in [6, 6.07) is 7.34. The molecule has 0 fully saturated rings. The van der Waals surface area contributed by atoms with Crippen LogP contribution in [0.5, 0.6) is 5.75 Å². The number of halogens is 4. The number of sulfonamides is 1. The molecule has 0 spiro atoms. The third-order valence-electron chi connectivity index (χ3n) is 3.79. The Morgan fingerprint density at radius 2 is 1.67 bits per heavy atom. The largest absolute Gasteiger partial charge is 0.481 e. The van der Waals surface area contributed by atoms with E-state index in [0.29, 0.717) is 6.07 Å². The molecule has 0 radical (unpaired) electrons. The summed E-state index contributed by atoms with van der Waals surface area (Å²) in [5, 5.41) is 2.50. The summed E-state index contributed by atoms with van der Waals surface area (Å²) >= 11 is 5.84. The zero-order chi connectivity index (χ0) is 22.7. The van der Waals surface area contributed by atoms with Gasteiger partial charge in [0.15, 0.2) is 6.10 Å². The van der Waals surface area contributed by atoms with E-state index in [4.69, 9.17) is 16.3 Å². The van der Waals surface area contributed by atoms with Crippen molar-refractivity contribution in [3.63, 3.8) is 0 Å². The molecule has 0 saturated heterocycles. The molecule has 1 amide bonds. The van der Waals surface area contributed by atoms with Crippen LogP contribution in [0.2, 0.25) is 5.02 Å². The van der Waals surface area contributed by atoms with Crippen LogP contribution in [0.1, 0.15) is 26.3 Å². The van der Waals surface area contributed by atoms with Gasteiger partial charge in [-0.25, -0.2) is 8.42 Å². The Morgan fingerprint density at radius 3 is 2.20 bits per heavy atom. The molecule has 0 bridgehead atoms. The van der Waals surface area contributed by atoms with Crippen LogP contribution >= 0.6 is 11.6 Å². The molecule has 1 atom stereocenters. The Bertz CT molecular complexity index is 1010. The molecule has 11 heteroatoms. The van der Waals surface area contributed by atoms with E-state index in [0.717, 1.165) is 12.1 Å². The summed E-state index contributed by atoms with van der Waals surface area (Å²) in [6.07, 6.45) is -5.46. The van der Waals surface area contributed by atoms with E-state index in [9.17, 15) is 26.4 Å². The van der Waals surface area contributed by atoms with E-state index in [-0.39, 0.29) is 27.6 Å². The molecule has 0 heterocycles. The first-order valence-corrected chi connectivity index (χ1v) is 10.6. The van der Waals surface area contributed by atoms with Crippen molar-refractivity contribution < 1.29 is 31.1 Å². The van der Waals surface area contributed by atoms with Crippen molar-refractivity contribution in [2.45, 2.75) is 44.0 Å². The Balaban J connectivity index is 2.17. The monoisotopic (exact) mass is 464 g/mol. The fourth-order valence-corrected chi connectivity index (χ4v) is 3.63.